The zero-order chi connectivity index (χ0) is 17.1. The molecule has 7 nitrogen and oxygen atoms in total. The van der Waals surface area contributed by atoms with Crippen LogP contribution in [0, 0.1) is 0 Å². The largest absolute Gasteiger partial charge is 0.375 e. The summed E-state index contributed by atoms with van der Waals surface area (Å²) in [6.07, 6.45) is 2.28. The summed E-state index contributed by atoms with van der Waals surface area (Å²) in [6.45, 7) is 0.258. The number of rotatable bonds is 7. The SMILES string of the molecule is CS(=O)(=O)c1ccc(S(=O)(=O)NCCCc2csc(N)n2)cc1. The minimum atomic E-state index is -3.66. The fourth-order valence-electron chi connectivity index (χ4n) is 1.86. The second-order valence-electron chi connectivity index (χ2n) is 4.92. The first-order valence-corrected chi connectivity index (χ1v) is 10.9. The van der Waals surface area contributed by atoms with Gasteiger partial charge in [0.25, 0.3) is 0 Å². The van der Waals surface area contributed by atoms with Crippen LogP contribution in [-0.2, 0) is 26.3 Å². The first-order chi connectivity index (χ1) is 10.7. The molecule has 0 fully saturated rings. The van der Waals surface area contributed by atoms with Crippen molar-refractivity contribution < 1.29 is 16.8 Å². The van der Waals surface area contributed by atoms with Crippen molar-refractivity contribution in [1.29, 1.82) is 0 Å². The number of nitrogens with two attached hydrogens (primary N) is 1. The Balaban J connectivity index is 1.93. The van der Waals surface area contributed by atoms with Gasteiger partial charge < -0.3 is 5.73 Å². The van der Waals surface area contributed by atoms with E-state index in [1.165, 1.54) is 35.6 Å². The van der Waals surface area contributed by atoms with Crippen LogP contribution in [0.4, 0.5) is 5.13 Å². The molecule has 0 spiro atoms. The Labute approximate surface area is 139 Å². The summed E-state index contributed by atoms with van der Waals surface area (Å²) in [5, 5.41) is 2.33. The van der Waals surface area contributed by atoms with Crippen LogP contribution in [0.15, 0.2) is 39.4 Å². The number of thiazole rings is 1. The molecule has 2 aromatic rings. The van der Waals surface area contributed by atoms with Gasteiger partial charge in [-0.25, -0.2) is 26.5 Å². The molecule has 0 radical (unpaired) electrons. The van der Waals surface area contributed by atoms with Gasteiger partial charge in [-0.1, -0.05) is 0 Å². The Kier molecular flexibility index (Phi) is 5.40. The predicted octanol–water partition coefficient (Wildman–Crippen LogP) is 1.04. The van der Waals surface area contributed by atoms with E-state index in [1.807, 2.05) is 5.38 Å². The second-order valence-corrected chi connectivity index (χ2v) is 9.59. The quantitative estimate of drug-likeness (QED) is 0.698. The normalized spacial score (nSPS) is 12.4. The van der Waals surface area contributed by atoms with Gasteiger partial charge in [-0.3, -0.25) is 0 Å². The summed E-state index contributed by atoms with van der Waals surface area (Å²) < 4.78 is 49.4. The van der Waals surface area contributed by atoms with Crippen molar-refractivity contribution in [1.82, 2.24) is 9.71 Å². The molecule has 1 heterocycles. The summed E-state index contributed by atoms with van der Waals surface area (Å²) in [5.41, 5.74) is 6.36. The van der Waals surface area contributed by atoms with Crippen LogP contribution in [0.1, 0.15) is 12.1 Å². The molecule has 2 rings (SSSR count). The smallest absolute Gasteiger partial charge is 0.240 e. The van der Waals surface area contributed by atoms with Crippen molar-refractivity contribution in [2.45, 2.75) is 22.6 Å². The van der Waals surface area contributed by atoms with Crippen molar-refractivity contribution in [3.63, 3.8) is 0 Å². The highest BCUT2D eigenvalue weighted by Crippen LogP contribution is 2.15. The topological polar surface area (TPSA) is 119 Å². The third kappa shape index (κ3) is 4.99. The molecule has 0 amide bonds. The number of anilines is 1. The van der Waals surface area contributed by atoms with E-state index in [4.69, 9.17) is 5.73 Å². The monoisotopic (exact) mass is 375 g/mol. The van der Waals surface area contributed by atoms with Crippen molar-refractivity contribution in [2.24, 2.45) is 0 Å². The summed E-state index contributed by atoms with van der Waals surface area (Å²) in [4.78, 5) is 4.21. The van der Waals surface area contributed by atoms with E-state index in [1.54, 1.807) is 0 Å². The molecule has 126 valence electrons. The molecule has 0 aliphatic heterocycles. The Hall–Kier alpha value is -1.49. The Morgan fingerprint density at radius 2 is 1.74 bits per heavy atom. The van der Waals surface area contributed by atoms with Gasteiger partial charge in [0, 0.05) is 18.2 Å². The highest BCUT2D eigenvalue weighted by Gasteiger charge is 2.15. The van der Waals surface area contributed by atoms with Crippen LogP contribution in [0.3, 0.4) is 0 Å². The number of sulfonamides is 1. The number of nitrogens with one attached hydrogen (secondary N) is 1. The minimum absolute atomic E-state index is 0.0304. The van der Waals surface area contributed by atoms with Crippen LogP contribution in [0.2, 0.25) is 0 Å². The van der Waals surface area contributed by atoms with E-state index in [-0.39, 0.29) is 16.3 Å². The average Bonchev–Trinajstić information content (AvgIpc) is 2.88. The third-order valence-electron chi connectivity index (χ3n) is 3.03. The van der Waals surface area contributed by atoms with Gasteiger partial charge in [0.15, 0.2) is 15.0 Å². The standard InChI is InChI=1S/C13H17N3O4S3/c1-22(17,18)11-4-6-12(7-5-11)23(19,20)15-8-2-3-10-9-21-13(14)16-10/h4-7,9,15H,2-3,8H2,1H3,(H2,14,16). The zero-order valence-corrected chi connectivity index (χ0v) is 14.8. The van der Waals surface area contributed by atoms with Crippen LogP contribution in [0.25, 0.3) is 0 Å². The van der Waals surface area contributed by atoms with Crippen LogP contribution in [-0.4, -0.2) is 34.6 Å². The zero-order valence-electron chi connectivity index (χ0n) is 12.4. The molecule has 1 aromatic carbocycles. The van der Waals surface area contributed by atoms with E-state index in [2.05, 4.69) is 9.71 Å². The van der Waals surface area contributed by atoms with Crippen molar-refractivity contribution in [3.05, 3.63) is 35.3 Å². The second kappa shape index (κ2) is 6.95. The predicted molar refractivity (Wildman–Crippen MR) is 89.6 cm³/mol. The number of sulfone groups is 1. The molecule has 0 aliphatic rings. The lowest BCUT2D eigenvalue weighted by Crippen LogP contribution is -2.25. The lowest BCUT2D eigenvalue weighted by Gasteiger charge is -2.07. The Morgan fingerprint density at radius 3 is 2.26 bits per heavy atom. The average molecular weight is 375 g/mol. The van der Waals surface area contributed by atoms with Crippen LogP contribution < -0.4 is 10.5 Å². The molecule has 0 saturated carbocycles. The van der Waals surface area contributed by atoms with Gasteiger partial charge in [-0.2, -0.15) is 0 Å². The van der Waals surface area contributed by atoms with E-state index in [0.717, 1.165) is 11.9 Å². The summed E-state index contributed by atoms with van der Waals surface area (Å²) >= 11 is 1.35. The number of nitrogens with zero attached hydrogens (tertiary/aromatic N) is 1. The number of hydrogen-bond donors (Lipinski definition) is 2. The fourth-order valence-corrected chi connectivity index (χ4v) is 4.16. The fraction of sp³-hybridized carbons (Fsp3) is 0.308. The third-order valence-corrected chi connectivity index (χ3v) is 6.36. The molecule has 0 atom stereocenters. The molecule has 0 bridgehead atoms. The van der Waals surface area contributed by atoms with E-state index < -0.39 is 19.9 Å². The number of hydrogen-bond acceptors (Lipinski definition) is 7. The van der Waals surface area contributed by atoms with Gasteiger partial charge in [0.2, 0.25) is 10.0 Å². The Bertz CT molecular complexity index is 871. The molecule has 3 N–H and O–H groups in total. The number of benzene rings is 1. The van der Waals surface area contributed by atoms with Crippen LogP contribution in [0.5, 0.6) is 0 Å². The lowest BCUT2D eigenvalue weighted by molar-refractivity contribution is 0.578. The summed E-state index contributed by atoms with van der Waals surface area (Å²) in [5.74, 6) is 0. The first kappa shape index (κ1) is 17.9. The molecule has 23 heavy (non-hydrogen) atoms. The van der Waals surface area contributed by atoms with Crippen molar-refractivity contribution in [3.8, 4) is 0 Å². The van der Waals surface area contributed by atoms with Gasteiger partial charge in [-0.15, -0.1) is 11.3 Å². The molecule has 0 saturated heterocycles. The number of nitrogen functional groups attached to an aromatic ring is 1. The molecule has 0 unspecified atom stereocenters. The molecular weight excluding hydrogens is 358 g/mol. The summed E-state index contributed by atoms with van der Waals surface area (Å²) in [6, 6.07) is 5.11. The van der Waals surface area contributed by atoms with Crippen molar-refractivity contribution in [2.75, 3.05) is 18.5 Å². The van der Waals surface area contributed by atoms with E-state index in [0.29, 0.717) is 18.0 Å². The highest BCUT2D eigenvalue weighted by molar-refractivity contribution is 7.90. The molecule has 0 aliphatic carbocycles. The van der Waals surface area contributed by atoms with E-state index >= 15 is 0 Å². The highest BCUT2D eigenvalue weighted by atomic mass is 32.2. The summed E-state index contributed by atoms with van der Waals surface area (Å²) in [7, 11) is -7.01. The van der Waals surface area contributed by atoms with Gasteiger partial charge in [0.1, 0.15) is 0 Å². The number of aromatic nitrogens is 1. The molecule has 10 heteroatoms. The van der Waals surface area contributed by atoms with Crippen LogP contribution >= 0.6 is 11.3 Å². The van der Waals surface area contributed by atoms with Crippen molar-refractivity contribution >= 4 is 36.3 Å². The lowest BCUT2D eigenvalue weighted by atomic mass is 10.2. The number of aryl methyl sites for hydroxylation is 1. The van der Waals surface area contributed by atoms with Gasteiger partial charge in [-0.05, 0) is 37.1 Å². The molecule has 1 aromatic heterocycles. The maximum Gasteiger partial charge on any atom is 0.240 e. The maximum atomic E-state index is 12.1. The molecular formula is C13H17N3O4S3. The van der Waals surface area contributed by atoms with Gasteiger partial charge >= 0.3 is 0 Å². The Morgan fingerprint density at radius 1 is 1.13 bits per heavy atom. The van der Waals surface area contributed by atoms with Gasteiger partial charge in [0.05, 0.1) is 15.5 Å². The minimum Gasteiger partial charge on any atom is -0.375 e. The maximum absolute atomic E-state index is 12.1. The van der Waals surface area contributed by atoms with E-state index in [9.17, 15) is 16.8 Å². The first-order valence-electron chi connectivity index (χ1n) is 6.68.